The molecule has 1 aliphatic rings. The predicted octanol–water partition coefficient (Wildman–Crippen LogP) is 3.46. The fraction of sp³-hybridized carbons (Fsp3) is 0.105. The van der Waals surface area contributed by atoms with E-state index < -0.39 is 0 Å². The Kier molecular flexibility index (Phi) is 3.13. The molecule has 0 bridgehead atoms. The van der Waals surface area contributed by atoms with Crippen LogP contribution in [0.3, 0.4) is 0 Å². The molecule has 1 aliphatic heterocycles. The van der Waals surface area contributed by atoms with E-state index >= 15 is 0 Å². The number of H-pyrrole nitrogens is 1. The van der Waals surface area contributed by atoms with Gasteiger partial charge in [-0.15, -0.1) is 0 Å². The maximum atomic E-state index is 5.63. The molecule has 0 amide bonds. The second kappa shape index (κ2) is 5.59. The lowest BCUT2D eigenvalue weighted by molar-refractivity contribution is 0.172. The lowest BCUT2D eigenvalue weighted by Crippen LogP contribution is -2.15. The third kappa shape index (κ3) is 2.48. The third-order valence-electron chi connectivity index (χ3n) is 4.06. The minimum Gasteiger partial charge on any atom is -0.486 e. The normalized spacial score (nSPS) is 13.1. The standard InChI is InChI=1S/C19H14N4O2/c1-2-7-20-12(4-1)13-5-3-6-14(21-13)19-22-15-10-17-18(11-16(15)23-19)25-9-8-24-17/h1-7,10-11H,8-9H2,(H,22,23). The molecule has 4 aromatic rings. The number of aromatic amines is 1. The Bertz CT molecular complexity index is 1020. The fourth-order valence-corrected chi connectivity index (χ4v) is 2.89. The Labute approximate surface area is 143 Å². The van der Waals surface area contributed by atoms with E-state index in [4.69, 9.17) is 9.47 Å². The summed E-state index contributed by atoms with van der Waals surface area (Å²) >= 11 is 0. The van der Waals surface area contributed by atoms with Crippen LogP contribution in [0.2, 0.25) is 0 Å². The highest BCUT2D eigenvalue weighted by Gasteiger charge is 2.16. The van der Waals surface area contributed by atoms with E-state index in [1.165, 1.54) is 0 Å². The lowest BCUT2D eigenvalue weighted by Gasteiger charge is -2.17. The first kappa shape index (κ1) is 14.0. The monoisotopic (exact) mass is 330 g/mol. The number of benzene rings is 1. The van der Waals surface area contributed by atoms with Crippen molar-refractivity contribution >= 4 is 11.0 Å². The molecule has 6 heteroatoms. The first-order valence-corrected chi connectivity index (χ1v) is 8.05. The summed E-state index contributed by atoms with van der Waals surface area (Å²) in [5.74, 6) is 2.17. The highest BCUT2D eigenvalue weighted by Crippen LogP contribution is 2.34. The van der Waals surface area contributed by atoms with E-state index in [0.717, 1.165) is 39.6 Å². The second-order valence-electron chi connectivity index (χ2n) is 5.72. The van der Waals surface area contributed by atoms with Gasteiger partial charge < -0.3 is 14.5 Å². The summed E-state index contributed by atoms with van der Waals surface area (Å²) in [4.78, 5) is 17.0. The molecule has 5 rings (SSSR count). The Hall–Kier alpha value is -3.41. The van der Waals surface area contributed by atoms with Gasteiger partial charge in [-0.25, -0.2) is 9.97 Å². The predicted molar refractivity (Wildman–Crippen MR) is 93.5 cm³/mol. The van der Waals surface area contributed by atoms with Crippen molar-refractivity contribution in [3.05, 3.63) is 54.7 Å². The number of nitrogens with one attached hydrogen (secondary N) is 1. The average molecular weight is 330 g/mol. The average Bonchev–Trinajstić information content (AvgIpc) is 3.10. The first-order chi connectivity index (χ1) is 12.4. The number of hydrogen-bond donors (Lipinski definition) is 1. The molecule has 1 N–H and O–H groups in total. The van der Waals surface area contributed by atoms with Crippen LogP contribution >= 0.6 is 0 Å². The highest BCUT2D eigenvalue weighted by atomic mass is 16.6. The number of fused-ring (bicyclic) bond motifs is 2. The minimum absolute atomic E-state index is 0.559. The van der Waals surface area contributed by atoms with Crippen LogP contribution in [-0.2, 0) is 0 Å². The van der Waals surface area contributed by atoms with Crippen molar-refractivity contribution in [1.29, 1.82) is 0 Å². The molecule has 0 radical (unpaired) electrons. The van der Waals surface area contributed by atoms with E-state index in [0.29, 0.717) is 19.0 Å². The van der Waals surface area contributed by atoms with Crippen molar-refractivity contribution in [1.82, 2.24) is 19.9 Å². The quantitative estimate of drug-likeness (QED) is 0.609. The van der Waals surface area contributed by atoms with Crippen LogP contribution in [0.25, 0.3) is 33.9 Å². The molecule has 25 heavy (non-hydrogen) atoms. The zero-order valence-corrected chi connectivity index (χ0v) is 13.3. The summed E-state index contributed by atoms with van der Waals surface area (Å²) in [7, 11) is 0. The highest BCUT2D eigenvalue weighted by molar-refractivity contribution is 5.82. The summed E-state index contributed by atoms with van der Waals surface area (Å²) in [5, 5.41) is 0. The molecular weight excluding hydrogens is 316 g/mol. The number of rotatable bonds is 2. The van der Waals surface area contributed by atoms with Crippen molar-refractivity contribution in [2.75, 3.05) is 13.2 Å². The van der Waals surface area contributed by atoms with Crippen molar-refractivity contribution in [2.24, 2.45) is 0 Å². The van der Waals surface area contributed by atoms with Crippen LogP contribution in [0.15, 0.2) is 54.7 Å². The van der Waals surface area contributed by atoms with Crippen molar-refractivity contribution < 1.29 is 9.47 Å². The van der Waals surface area contributed by atoms with E-state index in [9.17, 15) is 0 Å². The largest absolute Gasteiger partial charge is 0.486 e. The number of nitrogens with zero attached hydrogens (tertiary/aromatic N) is 3. The van der Waals surface area contributed by atoms with Gasteiger partial charge in [0.25, 0.3) is 0 Å². The third-order valence-corrected chi connectivity index (χ3v) is 4.06. The van der Waals surface area contributed by atoms with Crippen LogP contribution in [0.5, 0.6) is 11.5 Å². The SMILES string of the molecule is c1ccc(-c2cccc(-c3nc4cc5c(cc4[nH]3)OCCO5)n2)nc1. The second-order valence-corrected chi connectivity index (χ2v) is 5.72. The summed E-state index contributed by atoms with van der Waals surface area (Å²) in [6.07, 6.45) is 1.76. The molecule has 6 nitrogen and oxygen atoms in total. The van der Waals surface area contributed by atoms with Crippen molar-refractivity contribution in [3.63, 3.8) is 0 Å². The van der Waals surface area contributed by atoms with E-state index in [2.05, 4.69) is 19.9 Å². The number of aromatic nitrogens is 4. The van der Waals surface area contributed by atoms with E-state index in [1.54, 1.807) is 6.20 Å². The molecule has 4 heterocycles. The molecule has 0 atom stereocenters. The van der Waals surface area contributed by atoms with Gasteiger partial charge in [0.1, 0.15) is 18.9 Å². The van der Waals surface area contributed by atoms with Gasteiger partial charge in [0.05, 0.1) is 22.4 Å². The zero-order chi connectivity index (χ0) is 16.6. The Balaban J connectivity index is 1.59. The van der Waals surface area contributed by atoms with Gasteiger partial charge in [0.2, 0.25) is 0 Å². The van der Waals surface area contributed by atoms with Gasteiger partial charge in [0, 0.05) is 18.3 Å². The molecular formula is C19H14N4O2. The van der Waals surface area contributed by atoms with E-state index in [-0.39, 0.29) is 0 Å². The van der Waals surface area contributed by atoms with Gasteiger partial charge in [-0.2, -0.15) is 0 Å². The molecule has 0 unspecified atom stereocenters. The number of pyridine rings is 2. The van der Waals surface area contributed by atoms with Crippen molar-refractivity contribution in [3.8, 4) is 34.4 Å². The molecule has 0 spiro atoms. The maximum Gasteiger partial charge on any atom is 0.163 e. The molecule has 0 fully saturated rings. The van der Waals surface area contributed by atoms with Crippen LogP contribution in [0.1, 0.15) is 0 Å². The zero-order valence-electron chi connectivity index (χ0n) is 13.3. The van der Waals surface area contributed by atoms with E-state index in [1.807, 2.05) is 48.5 Å². The first-order valence-electron chi connectivity index (χ1n) is 8.05. The number of hydrogen-bond acceptors (Lipinski definition) is 5. The minimum atomic E-state index is 0.559. The lowest BCUT2D eigenvalue weighted by atomic mass is 10.2. The van der Waals surface area contributed by atoms with Gasteiger partial charge in [-0.05, 0) is 24.3 Å². The van der Waals surface area contributed by atoms with Crippen LogP contribution in [-0.4, -0.2) is 33.1 Å². The molecule has 0 saturated carbocycles. The van der Waals surface area contributed by atoms with Gasteiger partial charge in [-0.1, -0.05) is 12.1 Å². The summed E-state index contributed by atoms with van der Waals surface area (Å²) in [5.41, 5.74) is 4.12. The van der Waals surface area contributed by atoms with Gasteiger partial charge in [-0.3, -0.25) is 4.98 Å². The smallest absolute Gasteiger partial charge is 0.163 e. The molecule has 122 valence electrons. The summed E-state index contributed by atoms with van der Waals surface area (Å²) < 4.78 is 11.2. The Morgan fingerprint density at radius 2 is 1.60 bits per heavy atom. The molecule has 0 aliphatic carbocycles. The molecule has 1 aromatic carbocycles. The van der Waals surface area contributed by atoms with Crippen LogP contribution in [0.4, 0.5) is 0 Å². The summed E-state index contributed by atoms with van der Waals surface area (Å²) in [6.45, 7) is 1.12. The van der Waals surface area contributed by atoms with Gasteiger partial charge in [0.15, 0.2) is 17.3 Å². The maximum absolute atomic E-state index is 5.63. The summed E-state index contributed by atoms with van der Waals surface area (Å²) in [6, 6.07) is 15.4. The van der Waals surface area contributed by atoms with Crippen molar-refractivity contribution in [2.45, 2.75) is 0 Å². The number of ether oxygens (including phenoxy) is 2. The Morgan fingerprint density at radius 1 is 0.800 bits per heavy atom. The van der Waals surface area contributed by atoms with Crippen LogP contribution < -0.4 is 9.47 Å². The fourth-order valence-electron chi connectivity index (χ4n) is 2.89. The topological polar surface area (TPSA) is 72.9 Å². The Morgan fingerprint density at radius 3 is 2.44 bits per heavy atom. The van der Waals surface area contributed by atoms with Crippen LogP contribution in [0, 0.1) is 0 Å². The molecule has 3 aromatic heterocycles. The van der Waals surface area contributed by atoms with Gasteiger partial charge >= 0.3 is 0 Å². The number of imidazole rings is 1. The molecule has 0 saturated heterocycles.